The molecule has 0 aliphatic carbocycles. The minimum Gasteiger partial charge on any atom is -0.478 e. The van der Waals surface area contributed by atoms with Crippen molar-refractivity contribution in [3.05, 3.63) is 52.6 Å². The van der Waals surface area contributed by atoms with Crippen LogP contribution in [0.5, 0.6) is 0 Å². The molecule has 0 fully saturated rings. The van der Waals surface area contributed by atoms with Crippen LogP contribution in [0.4, 0.5) is 0 Å². The van der Waals surface area contributed by atoms with Crippen LogP contribution < -0.4 is 0 Å². The van der Waals surface area contributed by atoms with E-state index in [1.165, 1.54) is 0 Å². The molecule has 1 aromatic heterocycles. The molecule has 110 valence electrons. The number of rotatable bonds is 4. The van der Waals surface area contributed by atoms with Crippen molar-refractivity contribution in [2.24, 2.45) is 0 Å². The molecule has 0 amide bonds. The summed E-state index contributed by atoms with van der Waals surface area (Å²) in [6, 6.07) is 5.55. The van der Waals surface area contributed by atoms with Crippen LogP contribution in [0.25, 0.3) is 0 Å². The molecule has 21 heavy (non-hydrogen) atoms. The van der Waals surface area contributed by atoms with E-state index in [2.05, 4.69) is 21.8 Å². The van der Waals surface area contributed by atoms with Gasteiger partial charge in [-0.3, -0.25) is 4.90 Å². The van der Waals surface area contributed by atoms with Gasteiger partial charge in [-0.25, -0.2) is 9.78 Å². The number of carboxylic acids is 1. The van der Waals surface area contributed by atoms with E-state index < -0.39 is 5.97 Å². The third-order valence-corrected chi connectivity index (χ3v) is 4.02. The van der Waals surface area contributed by atoms with Crippen molar-refractivity contribution < 1.29 is 9.90 Å². The zero-order valence-electron chi connectivity index (χ0n) is 12.1. The van der Waals surface area contributed by atoms with Gasteiger partial charge in [-0.05, 0) is 30.0 Å². The third-order valence-electron chi connectivity index (χ3n) is 4.02. The normalized spacial score (nSPS) is 14.9. The number of aromatic amines is 1. The van der Waals surface area contributed by atoms with Gasteiger partial charge in [0.25, 0.3) is 0 Å². The molecule has 0 atom stereocenters. The number of fused-ring (bicyclic) bond motifs is 1. The Kier molecular flexibility index (Phi) is 3.75. The second kappa shape index (κ2) is 5.69. The van der Waals surface area contributed by atoms with Crippen molar-refractivity contribution in [3.63, 3.8) is 0 Å². The maximum Gasteiger partial charge on any atom is 0.336 e. The fourth-order valence-corrected chi connectivity index (χ4v) is 2.85. The highest BCUT2D eigenvalue weighted by Gasteiger charge is 2.22. The number of hydrogen-bond donors (Lipinski definition) is 2. The average Bonchev–Trinajstić information content (AvgIpc) is 2.94. The molecule has 0 spiro atoms. The SMILES string of the molecule is CCc1cnc(CN2CCc3cccc(C(=O)O)c3C2)[nH]1. The number of aromatic nitrogens is 2. The zero-order chi connectivity index (χ0) is 14.8. The van der Waals surface area contributed by atoms with Crippen LogP contribution in [0, 0.1) is 0 Å². The molecule has 0 radical (unpaired) electrons. The topological polar surface area (TPSA) is 69.2 Å². The maximum absolute atomic E-state index is 11.3. The fraction of sp³-hybridized carbons (Fsp3) is 0.375. The number of benzene rings is 1. The van der Waals surface area contributed by atoms with E-state index >= 15 is 0 Å². The minimum atomic E-state index is -0.847. The number of nitrogens with zero attached hydrogens (tertiary/aromatic N) is 2. The summed E-state index contributed by atoms with van der Waals surface area (Å²) in [6.07, 6.45) is 3.70. The van der Waals surface area contributed by atoms with Crippen LogP contribution in [-0.4, -0.2) is 32.5 Å². The van der Waals surface area contributed by atoms with Crippen molar-refractivity contribution in [3.8, 4) is 0 Å². The monoisotopic (exact) mass is 285 g/mol. The van der Waals surface area contributed by atoms with Gasteiger partial charge in [0, 0.05) is 25.0 Å². The van der Waals surface area contributed by atoms with Gasteiger partial charge in [-0.2, -0.15) is 0 Å². The van der Waals surface area contributed by atoms with Gasteiger partial charge in [0.05, 0.1) is 12.1 Å². The molecule has 0 saturated carbocycles. The van der Waals surface area contributed by atoms with Crippen molar-refractivity contribution in [1.29, 1.82) is 0 Å². The largest absolute Gasteiger partial charge is 0.478 e. The smallest absolute Gasteiger partial charge is 0.336 e. The van der Waals surface area contributed by atoms with Gasteiger partial charge >= 0.3 is 5.97 Å². The summed E-state index contributed by atoms with van der Waals surface area (Å²) in [6.45, 7) is 4.42. The van der Waals surface area contributed by atoms with E-state index in [-0.39, 0.29) is 0 Å². The quantitative estimate of drug-likeness (QED) is 0.904. The van der Waals surface area contributed by atoms with Crippen molar-refractivity contribution in [2.75, 3.05) is 6.54 Å². The highest BCUT2D eigenvalue weighted by Crippen LogP contribution is 2.23. The highest BCUT2D eigenvalue weighted by molar-refractivity contribution is 5.89. The first-order chi connectivity index (χ1) is 10.2. The molecule has 2 aromatic rings. The Morgan fingerprint density at radius 3 is 3.05 bits per heavy atom. The van der Waals surface area contributed by atoms with E-state index in [4.69, 9.17) is 0 Å². The molecule has 1 aromatic carbocycles. The Hall–Kier alpha value is -2.14. The highest BCUT2D eigenvalue weighted by atomic mass is 16.4. The number of imidazole rings is 1. The Balaban J connectivity index is 1.78. The number of H-pyrrole nitrogens is 1. The molecule has 5 nitrogen and oxygen atoms in total. The van der Waals surface area contributed by atoms with E-state index in [1.807, 2.05) is 18.3 Å². The molecule has 1 aliphatic heterocycles. The van der Waals surface area contributed by atoms with Crippen molar-refractivity contribution in [1.82, 2.24) is 14.9 Å². The molecule has 0 bridgehead atoms. The van der Waals surface area contributed by atoms with Gasteiger partial charge in [0.15, 0.2) is 0 Å². The summed E-state index contributed by atoms with van der Waals surface area (Å²) in [5.41, 5.74) is 3.65. The molecule has 3 rings (SSSR count). The van der Waals surface area contributed by atoms with Crippen molar-refractivity contribution >= 4 is 5.97 Å². The van der Waals surface area contributed by atoms with Crippen LogP contribution >= 0.6 is 0 Å². The summed E-state index contributed by atoms with van der Waals surface area (Å²) in [7, 11) is 0. The molecule has 0 unspecified atom stereocenters. The predicted octanol–water partition coefficient (Wildman–Crippen LogP) is 2.23. The Labute approximate surface area is 123 Å². The van der Waals surface area contributed by atoms with Gasteiger partial charge < -0.3 is 10.1 Å². The van der Waals surface area contributed by atoms with Gasteiger partial charge in [-0.15, -0.1) is 0 Å². The first-order valence-electron chi connectivity index (χ1n) is 7.26. The first-order valence-corrected chi connectivity index (χ1v) is 7.26. The third kappa shape index (κ3) is 2.83. The lowest BCUT2D eigenvalue weighted by Gasteiger charge is -2.28. The van der Waals surface area contributed by atoms with Crippen LogP contribution in [0.2, 0.25) is 0 Å². The predicted molar refractivity (Wildman–Crippen MR) is 79.2 cm³/mol. The van der Waals surface area contributed by atoms with Crippen LogP contribution in [0.1, 0.15) is 39.9 Å². The minimum absolute atomic E-state index is 0.422. The first kappa shape index (κ1) is 13.8. The lowest BCUT2D eigenvalue weighted by molar-refractivity contribution is 0.0693. The zero-order valence-corrected chi connectivity index (χ0v) is 12.1. The summed E-state index contributed by atoms with van der Waals surface area (Å²) in [5, 5.41) is 9.32. The molecular formula is C16H19N3O2. The van der Waals surface area contributed by atoms with Crippen LogP contribution in [0.15, 0.2) is 24.4 Å². The van der Waals surface area contributed by atoms with Crippen LogP contribution in [-0.2, 0) is 25.9 Å². The second-order valence-corrected chi connectivity index (χ2v) is 5.42. The fourth-order valence-electron chi connectivity index (χ4n) is 2.85. The number of nitrogens with one attached hydrogen (secondary N) is 1. The lowest BCUT2D eigenvalue weighted by atomic mass is 9.95. The van der Waals surface area contributed by atoms with Crippen molar-refractivity contribution in [2.45, 2.75) is 32.9 Å². The number of aromatic carboxylic acids is 1. The summed E-state index contributed by atoms with van der Waals surface area (Å²) in [4.78, 5) is 21.3. The standard InChI is InChI=1S/C16H19N3O2/c1-2-12-8-17-15(18-12)10-19-7-6-11-4-3-5-13(16(20)21)14(11)9-19/h3-5,8H,2,6-7,9-10H2,1H3,(H,17,18)(H,20,21). The molecule has 2 heterocycles. The van der Waals surface area contributed by atoms with E-state index in [9.17, 15) is 9.90 Å². The number of hydrogen-bond acceptors (Lipinski definition) is 3. The Bertz CT molecular complexity index is 663. The van der Waals surface area contributed by atoms with E-state index in [0.29, 0.717) is 12.1 Å². The Morgan fingerprint density at radius 2 is 2.33 bits per heavy atom. The lowest BCUT2D eigenvalue weighted by Crippen LogP contribution is -2.31. The number of carboxylic acid groups (broad SMARTS) is 1. The average molecular weight is 285 g/mol. The van der Waals surface area contributed by atoms with E-state index in [0.717, 1.165) is 48.6 Å². The van der Waals surface area contributed by atoms with E-state index in [1.54, 1.807) is 6.07 Å². The van der Waals surface area contributed by atoms with Gasteiger partial charge in [-0.1, -0.05) is 19.1 Å². The molecule has 2 N–H and O–H groups in total. The molecular weight excluding hydrogens is 266 g/mol. The van der Waals surface area contributed by atoms with Gasteiger partial charge in [0.2, 0.25) is 0 Å². The van der Waals surface area contributed by atoms with Gasteiger partial charge in [0.1, 0.15) is 5.82 Å². The summed E-state index contributed by atoms with van der Waals surface area (Å²) in [5.74, 6) is 0.100. The maximum atomic E-state index is 11.3. The second-order valence-electron chi connectivity index (χ2n) is 5.42. The summed E-state index contributed by atoms with van der Waals surface area (Å²) >= 11 is 0. The summed E-state index contributed by atoms with van der Waals surface area (Å²) < 4.78 is 0. The molecule has 5 heteroatoms. The molecule has 0 saturated heterocycles. The van der Waals surface area contributed by atoms with Crippen LogP contribution in [0.3, 0.4) is 0 Å². The number of aryl methyl sites for hydroxylation is 1. The molecule has 1 aliphatic rings. The number of carbonyl (C=O) groups is 1. The Morgan fingerprint density at radius 1 is 1.48 bits per heavy atom.